The minimum absolute atomic E-state index is 0.691. The van der Waals surface area contributed by atoms with Crippen LogP contribution in [0.1, 0.15) is 114 Å². The average Bonchev–Trinajstić information content (AvgIpc) is 3.74. The monoisotopic (exact) mass is 597 g/mol. The van der Waals surface area contributed by atoms with Gasteiger partial charge in [0, 0.05) is 52.6 Å². The van der Waals surface area contributed by atoms with Crippen LogP contribution >= 0.6 is 0 Å². The molecular formula is C42H51N3. The van der Waals surface area contributed by atoms with Crippen LogP contribution in [0.25, 0.3) is 27.5 Å². The maximum Gasteiger partial charge on any atom is 0.0562 e. The molecule has 10 rings (SSSR count). The van der Waals surface area contributed by atoms with Crippen molar-refractivity contribution in [2.24, 2.45) is 11.8 Å². The molecule has 3 heteroatoms. The highest BCUT2D eigenvalue weighted by molar-refractivity contribution is 6.16. The van der Waals surface area contributed by atoms with Gasteiger partial charge >= 0.3 is 0 Å². The number of nitrogens with zero attached hydrogens (tertiary/aromatic N) is 3. The number of anilines is 1. The molecule has 5 fully saturated rings. The number of hydrogen-bond donors (Lipinski definition) is 0. The summed E-state index contributed by atoms with van der Waals surface area (Å²) in [5.41, 5.74) is 7.35. The van der Waals surface area contributed by atoms with E-state index in [2.05, 4.69) is 81.1 Å². The van der Waals surface area contributed by atoms with E-state index in [1.54, 1.807) is 11.3 Å². The first-order valence-electron chi connectivity index (χ1n) is 19.0. The van der Waals surface area contributed by atoms with Crippen LogP contribution in [0.15, 0.2) is 66.7 Å². The molecule has 7 atom stereocenters. The maximum absolute atomic E-state index is 3.21. The molecule has 3 aromatic carbocycles. The zero-order valence-electron chi connectivity index (χ0n) is 27.1. The van der Waals surface area contributed by atoms with Crippen LogP contribution in [-0.4, -0.2) is 39.7 Å². The summed E-state index contributed by atoms with van der Waals surface area (Å²) >= 11 is 0. The van der Waals surface area contributed by atoms with E-state index in [9.17, 15) is 0 Å². The SMILES string of the molecule is c1ccc(-n2c3ccccc3c3c4c(ccc32)[C@H]2CCCCC2N4[C@@H]2CCC3C(C2)C2CCCCC2N3C2CCCCC2)cc1. The van der Waals surface area contributed by atoms with Gasteiger partial charge in [-0.3, -0.25) is 4.90 Å². The molecule has 0 radical (unpaired) electrons. The van der Waals surface area contributed by atoms with E-state index in [0.717, 1.165) is 30.0 Å². The number of para-hydroxylation sites is 2. The van der Waals surface area contributed by atoms with E-state index >= 15 is 0 Å². The predicted molar refractivity (Wildman–Crippen MR) is 188 cm³/mol. The van der Waals surface area contributed by atoms with Gasteiger partial charge in [-0.2, -0.15) is 0 Å². The molecule has 4 aliphatic carbocycles. The fraction of sp³-hybridized carbons (Fsp3) is 0.571. The number of rotatable bonds is 3. The highest BCUT2D eigenvalue weighted by atomic mass is 15.3. The molecule has 0 spiro atoms. The molecule has 3 nitrogen and oxygen atoms in total. The lowest BCUT2D eigenvalue weighted by Crippen LogP contribution is -2.51. The van der Waals surface area contributed by atoms with Gasteiger partial charge in [-0.1, -0.05) is 87.4 Å². The summed E-state index contributed by atoms with van der Waals surface area (Å²) in [4.78, 5) is 6.32. The van der Waals surface area contributed by atoms with Crippen LogP contribution in [0.5, 0.6) is 0 Å². The lowest BCUT2D eigenvalue weighted by atomic mass is 9.71. The van der Waals surface area contributed by atoms with E-state index in [1.807, 2.05) is 0 Å². The maximum atomic E-state index is 3.21. The number of aromatic nitrogens is 1. The van der Waals surface area contributed by atoms with Gasteiger partial charge in [-0.15, -0.1) is 0 Å². The Morgan fingerprint density at radius 1 is 0.511 bits per heavy atom. The van der Waals surface area contributed by atoms with E-state index in [1.165, 1.54) is 130 Å². The third kappa shape index (κ3) is 4.11. The Labute approximate surface area is 270 Å². The second-order valence-corrected chi connectivity index (χ2v) is 15.9. The lowest BCUT2D eigenvalue weighted by Gasteiger charge is -2.46. The van der Waals surface area contributed by atoms with Crippen molar-refractivity contribution in [3.8, 4) is 5.69 Å². The fourth-order valence-corrected chi connectivity index (χ4v) is 12.3. The standard InChI is InChI=1S/C42H51N3/c1-3-13-28(14-4-1)43-36-20-10-8-18-32(36)35-27-30(23-25-39(35)43)45-37-21-11-7-17-31(37)33-24-26-40-41(42(33)45)34-19-9-12-22-38(34)44(40)29-15-5-2-6-16-29/h2,5-6,9,12,15-16,19,22,24,26,28,30-32,35-37,39H,1,3-4,7-8,10-11,13-14,17-18,20-21,23,25,27H2/t30-,31-,32?,35?,36?,37?,39?/m1/s1. The Morgan fingerprint density at radius 3 is 2.13 bits per heavy atom. The number of fused-ring (bicyclic) bond motifs is 10. The summed E-state index contributed by atoms with van der Waals surface area (Å²) < 4.78 is 2.55. The van der Waals surface area contributed by atoms with E-state index < -0.39 is 0 Å². The first kappa shape index (κ1) is 27.3. The summed E-state index contributed by atoms with van der Waals surface area (Å²) in [5, 5.41) is 2.98. The Bertz CT molecular complexity index is 1700. The van der Waals surface area contributed by atoms with Crippen molar-refractivity contribution in [1.29, 1.82) is 0 Å². The fourth-order valence-electron chi connectivity index (χ4n) is 12.3. The molecule has 1 saturated heterocycles. The average molecular weight is 598 g/mol. The van der Waals surface area contributed by atoms with Crippen molar-refractivity contribution in [2.45, 2.75) is 139 Å². The molecule has 1 aromatic heterocycles. The summed E-state index contributed by atoms with van der Waals surface area (Å²) in [7, 11) is 0. The molecule has 0 N–H and O–H groups in total. The van der Waals surface area contributed by atoms with Crippen molar-refractivity contribution < 1.29 is 0 Å². The minimum atomic E-state index is 0.691. The van der Waals surface area contributed by atoms with Crippen LogP contribution < -0.4 is 4.90 Å². The Kier molecular flexibility index (Phi) is 6.62. The van der Waals surface area contributed by atoms with Gasteiger partial charge in [0.15, 0.2) is 0 Å². The summed E-state index contributed by atoms with van der Waals surface area (Å²) in [5.74, 6) is 2.57. The summed E-state index contributed by atoms with van der Waals surface area (Å²) in [6.45, 7) is 0. The van der Waals surface area contributed by atoms with Crippen LogP contribution in [0.3, 0.4) is 0 Å². The zero-order chi connectivity index (χ0) is 29.5. The zero-order valence-corrected chi connectivity index (χ0v) is 27.1. The molecular weight excluding hydrogens is 546 g/mol. The molecule has 4 aromatic rings. The largest absolute Gasteiger partial charge is 0.364 e. The Balaban J connectivity index is 1.09. The highest BCUT2D eigenvalue weighted by Crippen LogP contribution is 2.57. The first-order valence-corrected chi connectivity index (χ1v) is 19.0. The van der Waals surface area contributed by atoms with Gasteiger partial charge in [0.2, 0.25) is 0 Å². The molecule has 4 saturated carbocycles. The normalized spacial score (nSPS) is 33.7. The van der Waals surface area contributed by atoms with Gasteiger partial charge in [-0.05, 0) is 99.5 Å². The van der Waals surface area contributed by atoms with Gasteiger partial charge in [0.1, 0.15) is 0 Å². The Morgan fingerprint density at radius 2 is 1.24 bits per heavy atom. The van der Waals surface area contributed by atoms with Crippen molar-refractivity contribution in [2.75, 3.05) is 4.90 Å². The Hall–Kier alpha value is -2.78. The van der Waals surface area contributed by atoms with Crippen molar-refractivity contribution in [3.63, 3.8) is 0 Å². The molecule has 2 aliphatic heterocycles. The molecule has 3 heterocycles. The molecule has 0 amide bonds. The van der Waals surface area contributed by atoms with Gasteiger partial charge in [0.25, 0.3) is 0 Å². The molecule has 0 bridgehead atoms. The molecule has 6 aliphatic rings. The molecule has 5 unspecified atom stereocenters. The predicted octanol–water partition coefficient (Wildman–Crippen LogP) is 10.4. The van der Waals surface area contributed by atoms with Crippen LogP contribution in [0.4, 0.5) is 5.69 Å². The van der Waals surface area contributed by atoms with Gasteiger partial charge in [-0.25, -0.2) is 0 Å². The molecule has 234 valence electrons. The smallest absolute Gasteiger partial charge is 0.0562 e. The van der Waals surface area contributed by atoms with Crippen LogP contribution in [-0.2, 0) is 0 Å². The van der Waals surface area contributed by atoms with Crippen molar-refractivity contribution >= 4 is 27.5 Å². The molecule has 45 heavy (non-hydrogen) atoms. The first-order chi connectivity index (χ1) is 22.4. The van der Waals surface area contributed by atoms with Crippen LogP contribution in [0, 0.1) is 11.8 Å². The number of likely N-dealkylation sites (tertiary alicyclic amines) is 1. The van der Waals surface area contributed by atoms with E-state index in [0.29, 0.717) is 18.0 Å². The van der Waals surface area contributed by atoms with Crippen molar-refractivity contribution in [3.05, 3.63) is 72.3 Å². The van der Waals surface area contributed by atoms with Gasteiger partial charge in [0.05, 0.1) is 16.7 Å². The second-order valence-electron chi connectivity index (χ2n) is 15.9. The second kappa shape index (κ2) is 10.9. The number of hydrogen-bond acceptors (Lipinski definition) is 2. The van der Waals surface area contributed by atoms with Gasteiger partial charge < -0.3 is 9.47 Å². The highest BCUT2D eigenvalue weighted by Gasteiger charge is 2.55. The quantitative estimate of drug-likeness (QED) is 0.233. The summed E-state index contributed by atoms with van der Waals surface area (Å²) in [6.07, 6.45) is 23.1. The number of benzene rings is 3. The third-order valence-electron chi connectivity index (χ3n) is 13.9. The third-order valence-corrected chi connectivity index (χ3v) is 13.9. The van der Waals surface area contributed by atoms with E-state index in [-0.39, 0.29) is 0 Å². The lowest BCUT2D eigenvalue weighted by molar-refractivity contribution is 0.0628. The minimum Gasteiger partial charge on any atom is -0.364 e. The topological polar surface area (TPSA) is 11.4 Å². The van der Waals surface area contributed by atoms with Crippen molar-refractivity contribution in [1.82, 2.24) is 9.47 Å². The van der Waals surface area contributed by atoms with E-state index in [4.69, 9.17) is 0 Å². The summed E-state index contributed by atoms with van der Waals surface area (Å²) in [6, 6.07) is 29.5. The van der Waals surface area contributed by atoms with Crippen LogP contribution in [0.2, 0.25) is 0 Å².